The predicted molar refractivity (Wildman–Crippen MR) is 176 cm³/mol. The van der Waals surface area contributed by atoms with Gasteiger partial charge in [-0.2, -0.15) is 5.26 Å². The number of likely N-dealkylation sites (N-methyl/N-ethyl adjacent to an activating group) is 1. The SMILES string of the molecule is CNC(C)C(=O)NC1CN(C(=O)c2cccc(C#N)c2)c2ccccc2N(Cc2c(OC)ccc3cc(Br)ccc23)C1=O.Cl. The van der Waals surface area contributed by atoms with E-state index >= 15 is 0 Å². The fraction of sp³-hybridized carbons (Fsp3) is 0.212. The van der Waals surface area contributed by atoms with Gasteiger partial charge in [0.1, 0.15) is 11.8 Å². The smallest absolute Gasteiger partial charge is 0.258 e. The van der Waals surface area contributed by atoms with Crippen LogP contribution in [0.5, 0.6) is 5.75 Å². The minimum absolute atomic E-state index is 0. The van der Waals surface area contributed by atoms with Gasteiger partial charge >= 0.3 is 0 Å². The van der Waals surface area contributed by atoms with Gasteiger partial charge in [-0.1, -0.05) is 46.3 Å². The number of nitrogens with one attached hydrogen (secondary N) is 2. The molecule has 2 unspecified atom stereocenters. The molecule has 2 N–H and O–H groups in total. The monoisotopic (exact) mass is 675 g/mol. The molecule has 9 nitrogen and oxygen atoms in total. The van der Waals surface area contributed by atoms with E-state index in [1.807, 2.05) is 30.3 Å². The Morgan fingerprint density at radius 2 is 1.82 bits per heavy atom. The number of halogens is 2. The maximum Gasteiger partial charge on any atom is 0.258 e. The van der Waals surface area contributed by atoms with Gasteiger partial charge < -0.3 is 25.2 Å². The zero-order valence-corrected chi connectivity index (χ0v) is 26.7. The molecule has 3 amide bonds. The van der Waals surface area contributed by atoms with E-state index in [0.717, 1.165) is 20.8 Å². The Hall–Kier alpha value is -4.43. The van der Waals surface area contributed by atoms with Crippen LogP contribution in [0.3, 0.4) is 0 Å². The van der Waals surface area contributed by atoms with Crippen molar-refractivity contribution in [2.75, 3.05) is 30.5 Å². The molecule has 44 heavy (non-hydrogen) atoms. The Morgan fingerprint density at radius 3 is 2.52 bits per heavy atom. The molecule has 1 heterocycles. The zero-order valence-electron chi connectivity index (χ0n) is 24.3. The fourth-order valence-electron chi connectivity index (χ4n) is 5.21. The third-order valence-corrected chi connectivity index (χ3v) is 8.10. The van der Waals surface area contributed by atoms with E-state index in [0.29, 0.717) is 28.3 Å². The van der Waals surface area contributed by atoms with Gasteiger partial charge in [-0.05, 0) is 73.3 Å². The number of rotatable bonds is 7. The first-order valence-corrected chi connectivity index (χ1v) is 14.5. The quantitative estimate of drug-likeness (QED) is 0.279. The van der Waals surface area contributed by atoms with E-state index < -0.39 is 18.0 Å². The molecule has 2 atom stereocenters. The summed E-state index contributed by atoms with van der Waals surface area (Å²) in [5, 5.41) is 17.1. The third-order valence-electron chi connectivity index (χ3n) is 7.61. The summed E-state index contributed by atoms with van der Waals surface area (Å²) in [5.74, 6) is -0.540. The van der Waals surface area contributed by atoms with E-state index in [-0.39, 0.29) is 37.3 Å². The van der Waals surface area contributed by atoms with Gasteiger partial charge in [0.25, 0.3) is 11.8 Å². The van der Waals surface area contributed by atoms with Crippen LogP contribution in [0.2, 0.25) is 0 Å². The number of hydrogen-bond acceptors (Lipinski definition) is 6. The summed E-state index contributed by atoms with van der Waals surface area (Å²) in [6.45, 7) is 1.71. The lowest BCUT2D eigenvalue weighted by Gasteiger charge is -2.27. The lowest BCUT2D eigenvalue weighted by molar-refractivity contribution is -0.128. The maximum absolute atomic E-state index is 14.4. The van der Waals surface area contributed by atoms with Crippen molar-refractivity contribution in [3.8, 4) is 11.8 Å². The highest BCUT2D eigenvalue weighted by Gasteiger charge is 2.38. The Bertz CT molecular complexity index is 1780. The van der Waals surface area contributed by atoms with Crippen LogP contribution < -0.4 is 25.2 Å². The number of ether oxygens (including phenoxy) is 1. The van der Waals surface area contributed by atoms with Crippen LogP contribution in [0.15, 0.2) is 83.3 Å². The van der Waals surface area contributed by atoms with E-state index in [9.17, 15) is 19.6 Å². The molecule has 0 aliphatic carbocycles. The molecule has 1 aliphatic rings. The number of methoxy groups -OCH3 is 1. The van der Waals surface area contributed by atoms with Crippen molar-refractivity contribution in [2.45, 2.75) is 25.6 Å². The van der Waals surface area contributed by atoms with Crippen LogP contribution >= 0.6 is 28.3 Å². The summed E-state index contributed by atoms with van der Waals surface area (Å²) in [6, 6.07) is 23.7. The molecular formula is C33H31BrClN5O4. The number of nitrogens with zero attached hydrogens (tertiary/aromatic N) is 3. The lowest BCUT2D eigenvalue weighted by atomic mass is 10.0. The summed E-state index contributed by atoms with van der Waals surface area (Å²) < 4.78 is 6.66. The molecule has 0 aromatic heterocycles. The predicted octanol–water partition coefficient (Wildman–Crippen LogP) is 5.19. The van der Waals surface area contributed by atoms with E-state index in [4.69, 9.17) is 4.74 Å². The first-order chi connectivity index (χ1) is 20.7. The number of amides is 3. The molecule has 0 radical (unpaired) electrons. The van der Waals surface area contributed by atoms with Gasteiger partial charge in [0, 0.05) is 15.6 Å². The van der Waals surface area contributed by atoms with Gasteiger partial charge in [-0.3, -0.25) is 14.4 Å². The first kappa shape index (κ1) is 32.5. The molecule has 0 spiro atoms. The molecule has 11 heteroatoms. The molecule has 5 rings (SSSR count). The van der Waals surface area contributed by atoms with Gasteiger partial charge in [0.15, 0.2) is 0 Å². The van der Waals surface area contributed by atoms with Crippen molar-refractivity contribution in [1.29, 1.82) is 5.26 Å². The number of carbonyl (C=O) groups excluding carboxylic acids is 3. The van der Waals surface area contributed by atoms with Crippen LogP contribution in [0.4, 0.5) is 11.4 Å². The summed E-state index contributed by atoms with van der Waals surface area (Å²) in [5.41, 5.74) is 2.43. The minimum Gasteiger partial charge on any atom is -0.496 e. The molecule has 0 bridgehead atoms. The average Bonchev–Trinajstić information content (AvgIpc) is 3.14. The Kier molecular flexibility index (Phi) is 10.3. The maximum atomic E-state index is 14.4. The number of nitriles is 1. The van der Waals surface area contributed by atoms with Gasteiger partial charge in [-0.15, -0.1) is 12.4 Å². The summed E-state index contributed by atoms with van der Waals surface area (Å²) in [4.78, 5) is 44.6. The first-order valence-electron chi connectivity index (χ1n) is 13.7. The normalized spacial score (nSPS) is 15.0. The molecule has 4 aromatic carbocycles. The Morgan fingerprint density at radius 1 is 1.07 bits per heavy atom. The minimum atomic E-state index is -1.06. The highest BCUT2D eigenvalue weighted by Crippen LogP contribution is 2.38. The van der Waals surface area contributed by atoms with Gasteiger partial charge in [0.2, 0.25) is 5.91 Å². The summed E-state index contributed by atoms with van der Waals surface area (Å²) in [7, 11) is 3.24. The van der Waals surface area contributed by atoms with E-state index in [1.165, 1.54) is 11.0 Å². The van der Waals surface area contributed by atoms with Crippen molar-refractivity contribution in [1.82, 2.24) is 10.6 Å². The largest absolute Gasteiger partial charge is 0.496 e. The number of hydrogen-bond donors (Lipinski definition) is 2. The van der Waals surface area contributed by atoms with Crippen molar-refractivity contribution in [3.63, 3.8) is 0 Å². The van der Waals surface area contributed by atoms with Crippen molar-refractivity contribution in [2.24, 2.45) is 0 Å². The highest BCUT2D eigenvalue weighted by atomic mass is 79.9. The molecular weight excluding hydrogens is 646 g/mol. The second-order valence-corrected chi connectivity index (χ2v) is 11.1. The molecule has 226 valence electrons. The van der Waals surface area contributed by atoms with Crippen molar-refractivity contribution in [3.05, 3.63) is 100 Å². The van der Waals surface area contributed by atoms with Crippen LogP contribution in [-0.4, -0.2) is 50.5 Å². The third kappa shape index (κ3) is 6.40. The topological polar surface area (TPSA) is 115 Å². The second kappa shape index (κ2) is 13.9. The molecule has 0 saturated carbocycles. The number of fused-ring (bicyclic) bond motifs is 2. The number of benzene rings is 4. The average molecular weight is 677 g/mol. The summed E-state index contributed by atoms with van der Waals surface area (Å²) >= 11 is 3.53. The molecule has 0 saturated heterocycles. The van der Waals surface area contributed by atoms with Crippen LogP contribution in [-0.2, 0) is 16.1 Å². The Labute approximate surface area is 270 Å². The standard InChI is InChI=1S/C33H30BrN5O4.ClH/c1-20(36-2)31(40)37-27-19-39(32(41)23-8-6-7-21(15-23)17-35)29-10-5-4-9-28(29)38(33(27)42)18-26-25-13-12-24(34)16-22(25)11-14-30(26)43-3;/h4-16,20,27,36H,18-19H2,1-3H3,(H,37,40);1H. The number of para-hydroxylation sites is 2. The second-order valence-electron chi connectivity index (χ2n) is 10.2. The van der Waals surface area contributed by atoms with E-state index in [2.05, 4.69) is 32.6 Å². The number of carbonyl (C=O) groups is 3. The fourth-order valence-corrected chi connectivity index (χ4v) is 5.59. The van der Waals surface area contributed by atoms with Crippen LogP contribution in [0, 0.1) is 11.3 Å². The lowest BCUT2D eigenvalue weighted by Crippen LogP contribution is -2.55. The van der Waals surface area contributed by atoms with Crippen molar-refractivity contribution < 1.29 is 19.1 Å². The van der Waals surface area contributed by atoms with E-state index in [1.54, 1.807) is 68.4 Å². The van der Waals surface area contributed by atoms with Crippen molar-refractivity contribution >= 4 is 68.2 Å². The zero-order chi connectivity index (χ0) is 30.7. The number of anilines is 2. The molecule has 1 aliphatic heterocycles. The van der Waals surface area contributed by atoms with Crippen LogP contribution in [0.25, 0.3) is 10.8 Å². The molecule has 0 fully saturated rings. The highest BCUT2D eigenvalue weighted by molar-refractivity contribution is 9.10. The Balaban J connectivity index is 0.00000442. The molecule has 4 aromatic rings. The van der Waals surface area contributed by atoms with Gasteiger partial charge in [-0.25, -0.2) is 0 Å². The summed E-state index contributed by atoms with van der Waals surface area (Å²) in [6.07, 6.45) is 0. The van der Waals surface area contributed by atoms with Gasteiger partial charge in [0.05, 0.1) is 49.2 Å². The van der Waals surface area contributed by atoms with Crippen LogP contribution in [0.1, 0.15) is 28.4 Å².